The van der Waals surface area contributed by atoms with Crippen molar-refractivity contribution in [1.29, 1.82) is 0 Å². The monoisotopic (exact) mass is 436 g/mol. The molecule has 3 fully saturated rings. The average Bonchev–Trinajstić information content (AvgIpc) is 3.40. The Balaban J connectivity index is 2.04. The molecule has 0 aromatic heterocycles. The molecule has 2 bridgehead atoms. The van der Waals surface area contributed by atoms with Crippen LogP contribution in [0.5, 0.6) is 0 Å². The number of aliphatic hydroxyl groups is 1. The maximum Gasteiger partial charge on any atom is 0.312 e. The summed E-state index contributed by atoms with van der Waals surface area (Å²) < 4.78 is 11.6. The van der Waals surface area contributed by atoms with Gasteiger partial charge in [-0.3, -0.25) is 14.4 Å². The minimum Gasteiger partial charge on any atom is -0.466 e. The first-order chi connectivity index (χ1) is 14.9. The molecule has 1 spiro atoms. The molecule has 3 saturated heterocycles. The highest BCUT2D eigenvalue weighted by Gasteiger charge is 2.75. The predicted octanol–water partition coefficient (Wildman–Crippen LogP) is 1.51. The predicted molar refractivity (Wildman–Crippen MR) is 114 cm³/mol. The van der Waals surface area contributed by atoms with E-state index in [0.29, 0.717) is 32.4 Å². The number of ether oxygens (including phenoxy) is 2. The molecule has 31 heavy (non-hydrogen) atoms. The minimum absolute atomic E-state index is 0.193. The van der Waals surface area contributed by atoms with Crippen LogP contribution in [-0.4, -0.2) is 82.8 Å². The van der Waals surface area contributed by atoms with E-state index in [0.717, 1.165) is 12.8 Å². The Bertz CT molecular complexity index is 708. The highest BCUT2D eigenvalue weighted by Crippen LogP contribution is 2.59. The molecule has 3 aliphatic heterocycles. The maximum absolute atomic E-state index is 13.9. The second-order valence-corrected chi connectivity index (χ2v) is 8.72. The fourth-order valence-electron chi connectivity index (χ4n) is 5.65. The van der Waals surface area contributed by atoms with E-state index in [1.807, 2.05) is 6.92 Å². The van der Waals surface area contributed by atoms with Gasteiger partial charge in [0.05, 0.1) is 37.2 Å². The summed E-state index contributed by atoms with van der Waals surface area (Å²) >= 11 is 0. The second kappa shape index (κ2) is 9.69. The van der Waals surface area contributed by atoms with E-state index in [-0.39, 0.29) is 25.0 Å². The molecular weight excluding hydrogens is 400 g/mol. The van der Waals surface area contributed by atoms with E-state index in [9.17, 15) is 19.5 Å². The Kier molecular flexibility index (Phi) is 7.42. The largest absolute Gasteiger partial charge is 0.466 e. The van der Waals surface area contributed by atoms with Crippen LogP contribution in [-0.2, 0) is 23.9 Å². The molecule has 0 aromatic carbocycles. The number of amides is 2. The van der Waals surface area contributed by atoms with Gasteiger partial charge in [0.15, 0.2) is 0 Å². The van der Waals surface area contributed by atoms with Gasteiger partial charge in [-0.25, -0.2) is 0 Å². The molecule has 3 rings (SSSR count). The Hall–Kier alpha value is -1.93. The summed E-state index contributed by atoms with van der Waals surface area (Å²) in [5, 5.41) is 10.0. The van der Waals surface area contributed by atoms with Crippen LogP contribution in [0.25, 0.3) is 0 Å². The Labute approximate surface area is 184 Å². The summed E-state index contributed by atoms with van der Waals surface area (Å²) in [6, 6.07) is -1.37. The molecule has 1 N–H and O–H groups in total. The van der Waals surface area contributed by atoms with E-state index in [1.54, 1.807) is 17.9 Å². The van der Waals surface area contributed by atoms with Crippen LogP contribution >= 0.6 is 0 Å². The van der Waals surface area contributed by atoms with Crippen molar-refractivity contribution in [1.82, 2.24) is 9.80 Å². The topological polar surface area (TPSA) is 96.4 Å². The molecule has 6 atom stereocenters. The van der Waals surface area contributed by atoms with E-state index in [2.05, 4.69) is 13.5 Å². The van der Waals surface area contributed by atoms with Gasteiger partial charge in [0, 0.05) is 13.1 Å². The van der Waals surface area contributed by atoms with Gasteiger partial charge >= 0.3 is 5.97 Å². The van der Waals surface area contributed by atoms with Crippen molar-refractivity contribution in [3.63, 3.8) is 0 Å². The van der Waals surface area contributed by atoms with Gasteiger partial charge in [0.25, 0.3) is 0 Å². The van der Waals surface area contributed by atoms with E-state index < -0.39 is 41.6 Å². The van der Waals surface area contributed by atoms with E-state index in [4.69, 9.17) is 9.47 Å². The SMILES string of the molecule is C=CCN(CCCC)C(=O)[C@H]1N([C@@H](CC)CO)C(=O)[C@@H]2[C@@H](C(=O)OCC)[C@H]3CC[C@]21O3. The number of hydrogen-bond acceptors (Lipinski definition) is 6. The van der Waals surface area contributed by atoms with Crippen molar-refractivity contribution in [2.75, 3.05) is 26.3 Å². The number of likely N-dealkylation sites (tertiary alicyclic amines) is 1. The minimum atomic E-state index is -1.05. The number of rotatable bonds is 11. The number of aliphatic hydroxyl groups excluding tert-OH is 1. The lowest BCUT2D eigenvalue weighted by Gasteiger charge is -2.39. The fraction of sp³-hybridized carbons (Fsp3) is 0.783. The van der Waals surface area contributed by atoms with Crippen LogP contribution in [0.4, 0.5) is 0 Å². The summed E-state index contributed by atoms with van der Waals surface area (Å²) in [7, 11) is 0. The quantitative estimate of drug-likeness (QED) is 0.390. The van der Waals surface area contributed by atoms with Crippen molar-refractivity contribution in [2.45, 2.75) is 76.7 Å². The first-order valence-corrected chi connectivity index (χ1v) is 11.6. The van der Waals surface area contributed by atoms with Crippen molar-refractivity contribution in [3.05, 3.63) is 12.7 Å². The highest BCUT2D eigenvalue weighted by atomic mass is 16.6. The Morgan fingerprint density at radius 1 is 1.42 bits per heavy atom. The number of unbranched alkanes of at least 4 members (excludes halogenated alkanes) is 1. The van der Waals surface area contributed by atoms with Gasteiger partial charge in [-0.1, -0.05) is 26.3 Å². The van der Waals surface area contributed by atoms with Crippen molar-refractivity contribution < 1.29 is 29.0 Å². The van der Waals surface area contributed by atoms with Gasteiger partial charge in [-0.2, -0.15) is 0 Å². The normalized spacial score (nSPS) is 32.1. The standard InChI is InChI=1S/C23H36N2O6/c1-5-9-13-24(12-6-2)21(28)19-23-11-10-16(31-23)17(22(29)30-8-4)18(23)20(27)25(19)15(7-3)14-26/h6,15-19,26H,2,5,7-14H2,1,3-4H3/t15-,16+,17-,18-,19+,23-/m0/s1. The van der Waals surface area contributed by atoms with E-state index >= 15 is 0 Å². The molecule has 0 radical (unpaired) electrons. The van der Waals surface area contributed by atoms with Gasteiger partial charge in [0.1, 0.15) is 11.6 Å². The molecule has 0 unspecified atom stereocenters. The molecule has 174 valence electrons. The number of fused-ring (bicyclic) bond motifs is 1. The summed E-state index contributed by atoms with van der Waals surface area (Å²) in [6.45, 7) is 10.3. The van der Waals surface area contributed by atoms with Crippen LogP contribution in [0, 0.1) is 11.8 Å². The number of carbonyl (C=O) groups is 3. The molecule has 2 amide bonds. The van der Waals surface area contributed by atoms with Gasteiger partial charge in [-0.15, -0.1) is 6.58 Å². The van der Waals surface area contributed by atoms with Crippen LogP contribution in [0.3, 0.4) is 0 Å². The smallest absolute Gasteiger partial charge is 0.312 e. The molecule has 0 aromatic rings. The molecule has 0 aliphatic carbocycles. The number of hydrogen-bond donors (Lipinski definition) is 1. The van der Waals surface area contributed by atoms with Crippen LogP contribution < -0.4 is 0 Å². The second-order valence-electron chi connectivity index (χ2n) is 8.72. The third kappa shape index (κ3) is 3.78. The lowest BCUT2D eigenvalue weighted by atomic mass is 9.70. The Morgan fingerprint density at radius 3 is 2.74 bits per heavy atom. The molecule has 3 aliphatic rings. The first kappa shape index (κ1) is 23.7. The van der Waals surface area contributed by atoms with Crippen molar-refractivity contribution in [3.8, 4) is 0 Å². The average molecular weight is 437 g/mol. The maximum atomic E-state index is 13.9. The van der Waals surface area contributed by atoms with Crippen molar-refractivity contribution in [2.24, 2.45) is 11.8 Å². The van der Waals surface area contributed by atoms with Gasteiger partial charge in [-0.05, 0) is 32.6 Å². The molecule has 8 nitrogen and oxygen atoms in total. The van der Waals surface area contributed by atoms with Crippen LogP contribution in [0.15, 0.2) is 12.7 Å². The number of carbonyl (C=O) groups excluding carboxylic acids is 3. The summed E-state index contributed by atoms with van der Waals surface area (Å²) in [5.74, 6) is -2.38. The molecule has 3 heterocycles. The number of esters is 1. The zero-order valence-corrected chi connectivity index (χ0v) is 18.9. The third-order valence-corrected chi connectivity index (χ3v) is 7.05. The fourth-order valence-corrected chi connectivity index (χ4v) is 5.65. The van der Waals surface area contributed by atoms with Gasteiger partial charge < -0.3 is 24.4 Å². The van der Waals surface area contributed by atoms with Crippen molar-refractivity contribution >= 4 is 17.8 Å². The molecule has 8 heteroatoms. The zero-order valence-electron chi connectivity index (χ0n) is 18.9. The highest BCUT2D eigenvalue weighted by molar-refractivity contribution is 5.98. The lowest BCUT2D eigenvalue weighted by molar-refractivity contribution is -0.156. The lowest BCUT2D eigenvalue weighted by Crippen LogP contribution is -2.58. The van der Waals surface area contributed by atoms with Gasteiger partial charge in [0.2, 0.25) is 11.8 Å². The molecular formula is C23H36N2O6. The first-order valence-electron chi connectivity index (χ1n) is 11.6. The zero-order chi connectivity index (χ0) is 22.8. The summed E-state index contributed by atoms with van der Waals surface area (Å²) in [5.41, 5.74) is -1.05. The van der Waals surface area contributed by atoms with Crippen LogP contribution in [0.2, 0.25) is 0 Å². The summed E-state index contributed by atoms with van der Waals surface area (Å²) in [4.78, 5) is 43.6. The number of nitrogens with zero attached hydrogens (tertiary/aromatic N) is 2. The third-order valence-electron chi connectivity index (χ3n) is 7.05. The summed E-state index contributed by atoms with van der Waals surface area (Å²) in [6.07, 6.45) is 4.68. The Morgan fingerprint density at radius 2 is 2.16 bits per heavy atom. The van der Waals surface area contributed by atoms with Crippen LogP contribution in [0.1, 0.15) is 52.9 Å². The van der Waals surface area contributed by atoms with E-state index in [1.165, 1.54) is 4.90 Å². The molecule has 0 saturated carbocycles.